The molecule has 55 heavy (non-hydrogen) atoms. The number of halogens is 2. The summed E-state index contributed by atoms with van der Waals surface area (Å²) in [5.74, 6) is -0.259. The number of phenolic OH excluding ortho intramolecular Hbond substituents is 1. The van der Waals surface area contributed by atoms with Gasteiger partial charge in [-0.1, -0.05) is 71.4 Å². The first kappa shape index (κ1) is 41.1. The number of fused-ring (bicyclic) bond motifs is 1. The summed E-state index contributed by atoms with van der Waals surface area (Å²) in [5.41, 5.74) is 2.69. The summed E-state index contributed by atoms with van der Waals surface area (Å²) >= 11 is 1.38. The number of thiazole rings is 1. The van der Waals surface area contributed by atoms with Gasteiger partial charge >= 0.3 is 6.11 Å². The number of carbonyl (C=O) groups is 1. The molecule has 0 saturated carbocycles. The van der Waals surface area contributed by atoms with Gasteiger partial charge in [0.05, 0.1) is 28.8 Å². The van der Waals surface area contributed by atoms with Crippen molar-refractivity contribution in [3.05, 3.63) is 91.7 Å². The first-order valence-electron chi connectivity index (χ1n) is 19.5. The van der Waals surface area contributed by atoms with Gasteiger partial charge in [-0.2, -0.15) is 8.78 Å². The molecule has 2 saturated heterocycles. The van der Waals surface area contributed by atoms with Gasteiger partial charge in [0.2, 0.25) is 5.56 Å². The SMILES string of the molecule is CC(C)c1nc(C(=O)N2CC(F)(F)OC3(CCN(Cc4cccc(CCCC[C@H](O[Si](C)(C)C(C)(C)C)c5ccc(O)c6[nH]c(=O)ccc56)c4)CC3)C2)cs1. The maximum absolute atomic E-state index is 15.0. The number of amides is 1. The minimum atomic E-state index is -3.42. The number of aromatic nitrogens is 2. The predicted octanol–water partition coefficient (Wildman–Crippen LogP) is 9.39. The van der Waals surface area contributed by atoms with Crippen molar-refractivity contribution in [1.82, 2.24) is 19.8 Å². The minimum absolute atomic E-state index is 0.00926. The molecule has 2 aliphatic heterocycles. The average molecular weight is 795 g/mol. The Balaban J connectivity index is 1.05. The van der Waals surface area contributed by atoms with E-state index in [1.165, 1.54) is 33.4 Å². The Morgan fingerprint density at radius 3 is 2.49 bits per heavy atom. The molecule has 6 rings (SSSR count). The van der Waals surface area contributed by atoms with Crippen LogP contribution in [0.2, 0.25) is 18.1 Å². The number of phenols is 1. The number of unbranched alkanes of at least 4 members (excludes halogenated alkanes) is 1. The standard InChI is InChI=1S/C42H56F2N4O5SSi/c1-28(2)38-45-33(25-54-38)39(51)48-26-41(53-42(43,44)27-48)19-21-47(22-20-41)24-30-13-10-12-29(23-30)11-8-9-14-35(52-55(6,7)40(3,4)5)31-15-17-34(49)37-32(31)16-18-36(50)46-37/h10,12-13,15-18,23,25,28,35,49H,8-9,11,14,19-22,24,26-27H2,1-7H3,(H,46,50)/t35-/m0/s1. The van der Waals surface area contributed by atoms with Crippen molar-refractivity contribution >= 4 is 36.5 Å². The Morgan fingerprint density at radius 2 is 1.80 bits per heavy atom. The van der Waals surface area contributed by atoms with Crippen molar-refractivity contribution in [2.75, 3.05) is 26.2 Å². The summed E-state index contributed by atoms with van der Waals surface area (Å²) in [7, 11) is -2.17. The molecule has 2 aliphatic rings. The number of benzene rings is 2. The fraction of sp³-hybridized carbons (Fsp3) is 0.548. The van der Waals surface area contributed by atoms with Crippen molar-refractivity contribution in [2.24, 2.45) is 0 Å². The summed E-state index contributed by atoms with van der Waals surface area (Å²) in [6.07, 6.45) is 0.791. The van der Waals surface area contributed by atoms with E-state index < -0.39 is 32.5 Å². The third-order valence-electron chi connectivity index (χ3n) is 11.6. The summed E-state index contributed by atoms with van der Waals surface area (Å²) in [6, 6.07) is 15.4. The predicted molar refractivity (Wildman–Crippen MR) is 217 cm³/mol. The number of hydrogen-bond donors (Lipinski definition) is 2. The van der Waals surface area contributed by atoms with Gasteiger partial charge in [-0.05, 0) is 79.1 Å². The number of hydrogen-bond acceptors (Lipinski definition) is 8. The Morgan fingerprint density at radius 1 is 1.07 bits per heavy atom. The first-order chi connectivity index (χ1) is 25.8. The topological polar surface area (TPSA) is 108 Å². The molecule has 4 heterocycles. The van der Waals surface area contributed by atoms with E-state index in [-0.39, 0.29) is 40.6 Å². The number of carbonyl (C=O) groups excluding carboxylic acids is 1. The van der Waals surface area contributed by atoms with Gasteiger partial charge in [-0.15, -0.1) is 11.3 Å². The molecule has 0 radical (unpaired) electrons. The molecule has 1 spiro atoms. The number of ether oxygens (including phenoxy) is 1. The monoisotopic (exact) mass is 794 g/mol. The van der Waals surface area contributed by atoms with Crippen LogP contribution in [0, 0.1) is 0 Å². The fourth-order valence-electron chi connectivity index (χ4n) is 7.49. The summed E-state index contributed by atoms with van der Waals surface area (Å²) < 4.78 is 42.4. The van der Waals surface area contributed by atoms with E-state index in [1.54, 1.807) is 17.5 Å². The number of H-pyrrole nitrogens is 1. The Hall–Kier alpha value is -3.49. The highest BCUT2D eigenvalue weighted by atomic mass is 32.1. The van der Waals surface area contributed by atoms with Gasteiger partial charge in [0.15, 0.2) is 8.32 Å². The molecule has 2 N–H and O–H groups in total. The normalized spacial score (nSPS) is 18.3. The zero-order chi connectivity index (χ0) is 39.8. The Kier molecular flexibility index (Phi) is 12.1. The lowest BCUT2D eigenvalue weighted by Crippen LogP contribution is -2.62. The van der Waals surface area contributed by atoms with Gasteiger partial charge in [0, 0.05) is 42.4 Å². The van der Waals surface area contributed by atoms with E-state index in [2.05, 4.69) is 73.0 Å². The molecule has 9 nitrogen and oxygen atoms in total. The highest BCUT2D eigenvalue weighted by Crippen LogP contribution is 2.43. The van der Waals surface area contributed by atoms with Crippen LogP contribution in [0.1, 0.15) is 111 Å². The van der Waals surface area contributed by atoms with E-state index in [0.717, 1.165) is 41.6 Å². The zero-order valence-corrected chi connectivity index (χ0v) is 35.0. The number of nitrogens with zero attached hydrogens (tertiary/aromatic N) is 3. The summed E-state index contributed by atoms with van der Waals surface area (Å²) in [4.78, 5) is 36.1. The van der Waals surface area contributed by atoms with Crippen LogP contribution in [0.15, 0.2) is 58.7 Å². The second-order valence-corrected chi connectivity index (χ2v) is 22.9. The van der Waals surface area contributed by atoms with Crippen LogP contribution in [0.4, 0.5) is 8.78 Å². The molecular formula is C42H56F2N4O5SSi. The van der Waals surface area contributed by atoms with Crippen LogP contribution in [0.3, 0.4) is 0 Å². The van der Waals surface area contributed by atoms with Gasteiger partial charge < -0.3 is 24.2 Å². The van der Waals surface area contributed by atoms with Crippen LogP contribution in [-0.4, -0.2) is 77.0 Å². The number of rotatable bonds is 12. The van der Waals surface area contributed by atoms with Crippen molar-refractivity contribution in [3.8, 4) is 5.75 Å². The smallest absolute Gasteiger partial charge is 0.373 e. The second-order valence-electron chi connectivity index (χ2n) is 17.3. The van der Waals surface area contributed by atoms with E-state index in [4.69, 9.17) is 9.16 Å². The number of likely N-dealkylation sites (tertiary alicyclic amines) is 1. The lowest BCUT2D eigenvalue weighted by molar-refractivity contribution is -0.332. The third kappa shape index (κ3) is 9.73. The molecule has 298 valence electrons. The van der Waals surface area contributed by atoms with Gasteiger partial charge in [0.1, 0.15) is 18.0 Å². The van der Waals surface area contributed by atoms with Crippen LogP contribution in [0.5, 0.6) is 5.75 Å². The average Bonchev–Trinajstić information content (AvgIpc) is 3.61. The maximum Gasteiger partial charge on any atom is 0.373 e. The molecule has 4 aromatic rings. The molecule has 0 unspecified atom stereocenters. The quantitative estimate of drug-likeness (QED) is 0.109. The molecule has 1 atom stereocenters. The lowest BCUT2D eigenvalue weighted by atomic mass is 9.88. The first-order valence-corrected chi connectivity index (χ1v) is 23.3. The number of aromatic hydroxyl groups is 1. The highest BCUT2D eigenvalue weighted by molar-refractivity contribution is 7.09. The zero-order valence-electron chi connectivity index (χ0n) is 33.2. The molecule has 2 aromatic carbocycles. The number of morpholine rings is 1. The number of pyridine rings is 1. The van der Waals surface area contributed by atoms with Crippen molar-refractivity contribution in [2.45, 2.75) is 122 Å². The molecular weight excluding hydrogens is 739 g/mol. The van der Waals surface area contributed by atoms with Crippen molar-refractivity contribution in [3.63, 3.8) is 0 Å². The highest BCUT2D eigenvalue weighted by Gasteiger charge is 2.52. The number of alkyl halides is 2. The van der Waals surface area contributed by atoms with Crippen LogP contribution < -0.4 is 5.56 Å². The summed E-state index contributed by atoms with van der Waals surface area (Å²) in [6.45, 7) is 16.4. The van der Waals surface area contributed by atoms with Crippen molar-refractivity contribution < 1.29 is 27.8 Å². The lowest BCUT2D eigenvalue weighted by Gasteiger charge is -2.49. The Bertz CT molecular complexity index is 2040. The molecule has 2 fully saturated rings. The van der Waals surface area contributed by atoms with E-state index in [0.29, 0.717) is 38.0 Å². The molecule has 0 aliphatic carbocycles. The molecule has 2 aromatic heterocycles. The van der Waals surface area contributed by atoms with Gasteiger partial charge in [-0.25, -0.2) is 4.98 Å². The van der Waals surface area contributed by atoms with Crippen molar-refractivity contribution in [1.29, 1.82) is 0 Å². The van der Waals surface area contributed by atoms with Crippen LogP contribution in [-0.2, 0) is 22.1 Å². The molecule has 1 amide bonds. The molecule has 0 bridgehead atoms. The molecule has 13 heteroatoms. The van der Waals surface area contributed by atoms with E-state index in [1.807, 2.05) is 19.9 Å². The second kappa shape index (κ2) is 16.2. The minimum Gasteiger partial charge on any atom is -0.506 e. The van der Waals surface area contributed by atoms with Gasteiger partial charge in [0.25, 0.3) is 5.91 Å². The summed E-state index contributed by atoms with van der Waals surface area (Å²) in [5, 5.41) is 13.8. The number of piperidine rings is 1. The third-order valence-corrected chi connectivity index (χ3v) is 17.2. The largest absolute Gasteiger partial charge is 0.506 e. The van der Waals surface area contributed by atoms with E-state index in [9.17, 15) is 23.5 Å². The van der Waals surface area contributed by atoms with Gasteiger partial charge in [-0.3, -0.25) is 14.5 Å². The van der Waals surface area contributed by atoms with Crippen LogP contribution in [0.25, 0.3) is 10.9 Å². The fourth-order valence-corrected chi connectivity index (χ4v) is 9.61. The van der Waals surface area contributed by atoms with Crippen LogP contribution >= 0.6 is 11.3 Å². The van der Waals surface area contributed by atoms with E-state index >= 15 is 0 Å². The Labute approximate surface area is 328 Å². The maximum atomic E-state index is 15.0. The number of aromatic amines is 1. The number of aryl methyl sites for hydroxylation is 1. The number of nitrogens with one attached hydrogen (secondary N) is 1.